The van der Waals surface area contributed by atoms with E-state index in [4.69, 9.17) is 4.43 Å². The van der Waals surface area contributed by atoms with E-state index in [1.807, 2.05) is 0 Å². The highest BCUT2D eigenvalue weighted by molar-refractivity contribution is 7.80. The predicted molar refractivity (Wildman–Crippen MR) is 114 cm³/mol. The van der Waals surface area contributed by atoms with Gasteiger partial charge in [-0.05, 0) is 45.8 Å². The van der Waals surface area contributed by atoms with Gasteiger partial charge in [0.25, 0.3) is 8.32 Å². The topological polar surface area (TPSA) is 9.23 Å². The Labute approximate surface area is 159 Å². The average Bonchev–Trinajstić information content (AvgIpc) is 3.44. The summed E-state index contributed by atoms with van der Waals surface area (Å²) in [6.07, 6.45) is 2.69. The third-order valence-electron chi connectivity index (χ3n) is 5.45. The largest absolute Gasteiger partial charge is 0.407 e. The van der Waals surface area contributed by atoms with Crippen LogP contribution in [0.2, 0.25) is 5.04 Å². The van der Waals surface area contributed by atoms with E-state index >= 15 is 0 Å². The maximum absolute atomic E-state index is 7.01. The van der Waals surface area contributed by atoms with Crippen molar-refractivity contribution in [1.29, 1.82) is 0 Å². The minimum Gasteiger partial charge on any atom is -0.407 e. The minimum atomic E-state index is -2.38. The first kappa shape index (κ1) is 18.7. The normalized spacial score (nSPS) is 16.6. The molecule has 0 heterocycles. The van der Waals surface area contributed by atoms with Crippen molar-refractivity contribution in [1.82, 2.24) is 0 Å². The number of hydrogen-bond acceptors (Lipinski definition) is 2. The Bertz CT molecular complexity index is 622. The third-order valence-corrected chi connectivity index (χ3v) is 10.9. The predicted octanol–water partition coefficient (Wildman–Crippen LogP) is 4.52. The van der Waals surface area contributed by atoms with Crippen molar-refractivity contribution in [3.8, 4) is 0 Å². The Kier molecular flexibility index (Phi) is 5.77. The van der Waals surface area contributed by atoms with Gasteiger partial charge in [0.2, 0.25) is 0 Å². The van der Waals surface area contributed by atoms with Gasteiger partial charge in [-0.1, -0.05) is 81.4 Å². The highest BCUT2D eigenvalue weighted by Gasteiger charge is 2.50. The van der Waals surface area contributed by atoms with E-state index in [1.165, 1.54) is 23.2 Å². The van der Waals surface area contributed by atoms with Gasteiger partial charge in [0.15, 0.2) is 0 Å². The number of benzene rings is 2. The molecule has 0 aliphatic heterocycles. The lowest BCUT2D eigenvalue weighted by Crippen LogP contribution is -2.67. The van der Waals surface area contributed by atoms with E-state index in [0.29, 0.717) is 5.92 Å². The van der Waals surface area contributed by atoms with Crippen molar-refractivity contribution in [3.05, 3.63) is 60.7 Å². The molecule has 0 N–H and O–H groups in total. The molecule has 1 saturated carbocycles. The molecule has 3 rings (SSSR count). The zero-order valence-corrected chi connectivity index (χ0v) is 17.5. The van der Waals surface area contributed by atoms with Gasteiger partial charge in [-0.2, -0.15) is 12.6 Å². The molecule has 1 aliphatic rings. The summed E-state index contributed by atoms with van der Waals surface area (Å²) in [4.78, 5) is 0. The van der Waals surface area contributed by atoms with Gasteiger partial charge in [-0.25, -0.2) is 0 Å². The first-order chi connectivity index (χ1) is 12.0. The van der Waals surface area contributed by atoms with Crippen LogP contribution in [0, 0.1) is 11.8 Å². The SMILES string of the molecule is CC(C)(C)[Si](OC[C@@H](CS)C1CC1)(c1ccccc1)c1ccccc1. The van der Waals surface area contributed by atoms with Gasteiger partial charge >= 0.3 is 0 Å². The minimum absolute atomic E-state index is 0.0560. The van der Waals surface area contributed by atoms with E-state index in [-0.39, 0.29) is 5.04 Å². The second-order valence-electron chi connectivity index (χ2n) is 8.25. The van der Waals surface area contributed by atoms with Crippen LogP contribution in [0.5, 0.6) is 0 Å². The van der Waals surface area contributed by atoms with Crippen LogP contribution >= 0.6 is 12.6 Å². The highest BCUT2D eigenvalue weighted by Crippen LogP contribution is 2.40. The van der Waals surface area contributed by atoms with Crippen LogP contribution < -0.4 is 10.4 Å². The maximum Gasteiger partial charge on any atom is 0.261 e. The molecule has 0 bridgehead atoms. The van der Waals surface area contributed by atoms with Crippen LogP contribution in [0.3, 0.4) is 0 Å². The van der Waals surface area contributed by atoms with Gasteiger partial charge in [0.1, 0.15) is 0 Å². The molecule has 0 amide bonds. The van der Waals surface area contributed by atoms with E-state index in [0.717, 1.165) is 18.3 Å². The first-order valence-electron chi connectivity index (χ1n) is 9.35. The fraction of sp³-hybridized carbons (Fsp3) is 0.455. The van der Waals surface area contributed by atoms with Crippen molar-refractivity contribution < 1.29 is 4.43 Å². The molecule has 0 radical (unpaired) electrons. The first-order valence-corrected chi connectivity index (χ1v) is 11.9. The molecule has 0 unspecified atom stereocenters. The molecule has 1 atom stereocenters. The number of hydrogen-bond donors (Lipinski definition) is 1. The molecule has 1 aliphatic carbocycles. The molecular formula is C22H30OSSi. The van der Waals surface area contributed by atoms with Crippen molar-refractivity contribution >= 4 is 31.3 Å². The lowest BCUT2D eigenvalue weighted by molar-refractivity contribution is 0.233. The highest BCUT2D eigenvalue weighted by atomic mass is 32.1. The summed E-state index contributed by atoms with van der Waals surface area (Å²) in [6, 6.07) is 21.8. The van der Waals surface area contributed by atoms with Gasteiger partial charge in [-0.15, -0.1) is 0 Å². The summed E-state index contributed by atoms with van der Waals surface area (Å²) >= 11 is 4.61. The van der Waals surface area contributed by atoms with Crippen LogP contribution in [0.25, 0.3) is 0 Å². The lowest BCUT2D eigenvalue weighted by Gasteiger charge is -2.43. The Balaban J connectivity index is 2.05. The molecule has 0 saturated heterocycles. The second-order valence-corrected chi connectivity index (χ2v) is 12.9. The molecule has 1 fully saturated rings. The van der Waals surface area contributed by atoms with E-state index < -0.39 is 8.32 Å². The van der Waals surface area contributed by atoms with Gasteiger partial charge in [0, 0.05) is 6.61 Å². The molecule has 134 valence electrons. The third kappa shape index (κ3) is 3.89. The molecule has 25 heavy (non-hydrogen) atoms. The lowest BCUT2D eigenvalue weighted by atomic mass is 10.1. The van der Waals surface area contributed by atoms with Crippen molar-refractivity contribution in [2.24, 2.45) is 11.8 Å². The molecular weight excluding hydrogens is 340 g/mol. The zero-order valence-electron chi connectivity index (χ0n) is 15.6. The van der Waals surface area contributed by atoms with Crippen LogP contribution in [0.4, 0.5) is 0 Å². The van der Waals surface area contributed by atoms with Crippen molar-refractivity contribution in [2.75, 3.05) is 12.4 Å². The second kappa shape index (κ2) is 7.69. The molecule has 3 heteroatoms. The Morgan fingerprint density at radius 1 is 0.960 bits per heavy atom. The number of thiol groups is 1. The van der Waals surface area contributed by atoms with E-state index in [2.05, 4.69) is 94.1 Å². The summed E-state index contributed by atoms with van der Waals surface area (Å²) < 4.78 is 7.01. The smallest absolute Gasteiger partial charge is 0.261 e. The maximum atomic E-state index is 7.01. The van der Waals surface area contributed by atoms with Crippen LogP contribution in [0.1, 0.15) is 33.6 Å². The Hall–Kier alpha value is -1.03. The molecule has 2 aromatic rings. The molecule has 1 nitrogen and oxygen atoms in total. The van der Waals surface area contributed by atoms with Crippen LogP contribution in [-0.4, -0.2) is 20.7 Å². The fourth-order valence-corrected chi connectivity index (χ4v) is 8.92. The van der Waals surface area contributed by atoms with E-state index in [1.54, 1.807) is 0 Å². The van der Waals surface area contributed by atoms with Crippen LogP contribution in [0.15, 0.2) is 60.7 Å². The van der Waals surface area contributed by atoms with Gasteiger partial charge < -0.3 is 4.43 Å². The molecule has 2 aromatic carbocycles. The Morgan fingerprint density at radius 3 is 1.80 bits per heavy atom. The molecule has 0 spiro atoms. The standard InChI is InChI=1S/C22H30OSSi/c1-22(2,3)25(20-10-6-4-7-11-20,21-12-8-5-9-13-21)23-16-19(17-24)18-14-15-18/h4-13,18-19,24H,14-17H2,1-3H3/t19-/m0/s1. The fourth-order valence-electron chi connectivity index (χ4n) is 3.90. The number of rotatable bonds is 7. The summed E-state index contributed by atoms with van der Waals surface area (Å²) in [7, 11) is -2.38. The van der Waals surface area contributed by atoms with Crippen molar-refractivity contribution in [3.63, 3.8) is 0 Å². The van der Waals surface area contributed by atoms with Gasteiger partial charge in [0.05, 0.1) is 0 Å². The van der Waals surface area contributed by atoms with Crippen molar-refractivity contribution in [2.45, 2.75) is 38.7 Å². The quantitative estimate of drug-likeness (QED) is 0.557. The Morgan fingerprint density at radius 2 is 1.44 bits per heavy atom. The summed E-state index contributed by atoms with van der Waals surface area (Å²) in [6.45, 7) is 7.84. The monoisotopic (exact) mass is 370 g/mol. The molecule has 0 aromatic heterocycles. The van der Waals surface area contributed by atoms with E-state index in [9.17, 15) is 0 Å². The summed E-state index contributed by atoms with van der Waals surface area (Å²) in [5.41, 5.74) is 0. The summed E-state index contributed by atoms with van der Waals surface area (Å²) in [5, 5.41) is 2.78. The van der Waals surface area contributed by atoms with Gasteiger partial charge in [-0.3, -0.25) is 0 Å². The average molecular weight is 371 g/mol. The van der Waals surface area contributed by atoms with Crippen LogP contribution in [-0.2, 0) is 4.43 Å². The summed E-state index contributed by atoms with van der Waals surface area (Å²) in [5.74, 6) is 2.31. The zero-order chi connectivity index (χ0) is 17.9.